The summed E-state index contributed by atoms with van der Waals surface area (Å²) in [6.45, 7) is 5.65. The second-order valence-electron chi connectivity index (χ2n) is 8.28. The highest BCUT2D eigenvalue weighted by atomic mass is 35.5. The van der Waals surface area contributed by atoms with Gasteiger partial charge in [-0.25, -0.2) is 4.90 Å². The molecule has 0 saturated heterocycles. The first kappa shape index (κ1) is 24.0. The molecule has 0 saturated carbocycles. The molecule has 3 amide bonds. The summed E-state index contributed by atoms with van der Waals surface area (Å²) >= 11 is 6.27. The molecule has 0 atom stereocenters. The lowest BCUT2D eigenvalue weighted by Crippen LogP contribution is -2.32. The Morgan fingerprint density at radius 1 is 0.857 bits per heavy atom. The average molecular weight is 490 g/mol. The number of amides is 3. The van der Waals surface area contributed by atoms with Crippen LogP contribution in [0, 0.1) is 20.8 Å². The third-order valence-corrected chi connectivity index (χ3v) is 6.03. The number of nitrogens with one attached hydrogen (secondary N) is 2. The van der Waals surface area contributed by atoms with Crippen molar-refractivity contribution < 1.29 is 19.1 Å². The summed E-state index contributed by atoms with van der Waals surface area (Å²) in [6, 6.07) is 17.5. The normalized spacial score (nSPS) is 13.3. The number of benzene rings is 3. The van der Waals surface area contributed by atoms with Gasteiger partial charge in [-0.2, -0.15) is 0 Å². The SMILES string of the molecule is COc1ccc(C)cc1NC(=O)c1ccc(C)c(NC2=C(Cl)C(=O)N(c3ccc(C)cc3)C2=O)c1. The van der Waals surface area contributed by atoms with Crippen molar-refractivity contribution >= 4 is 46.4 Å². The van der Waals surface area contributed by atoms with Gasteiger partial charge < -0.3 is 15.4 Å². The number of methoxy groups -OCH3 is 1. The Balaban J connectivity index is 1.59. The monoisotopic (exact) mass is 489 g/mol. The quantitative estimate of drug-likeness (QED) is 0.458. The molecule has 0 bridgehead atoms. The first-order valence-electron chi connectivity index (χ1n) is 10.9. The van der Waals surface area contributed by atoms with Gasteiger partial charge in [0.2, 0.25) is 0 Å². The Morgan fingerprint density at radius 3 is 2.23 bits per heavy atom. The van der Waals surface area contributed by atoms with Crippen LogP contribution in [-0.2, 0) is 9.59 Å². The zero-order chi connectivity index (χ0) is 25.3. The lowest BCUT2D eigenvalue weighted by atomic mass is 10.1. The summed E-state index contributed by atoms with van der Waals surface area (Å²) in [5, 5.41) is 5.62. The van der Waals surface area contributed by atoms with Crippen LogP contribution in [0.2, 0.25) is 0 Å². The first-order chi connectivity index (χ1) is 16.7. The number of carbonyl (C=O) groups excluding carboxylic acids is 3. The first-order valence-corrected chi connectivity index (χ1v) is 11.3. The average Bonchev–Trinajstić information content (AvgIpc) is 3.04. The molecule has 35 heavy (non-hydrogen) atoms. The zero-order valence-corrected chi connectivity index (χ0v) is 20.5. The maximum atomic E-state index is 13.1. The summed E-state index contributed by atoms with van der Waals surface area (Å²) in [5.74, 6) is -0.992. The summed E-state index contributed by atoms with van der Waals surface area (Å²) in [7, 11) is 1.53. The van der Waals surface area contributed by atoms with Gasteiger partial charge in [-0.1, -0.05) is 41.4 Å². The summed E-state index contributed by atoms with van der Waals surface area (Å²) in [6.07, 6.45) is 0. The van der Waals surface area contributed by atoms with Crippen LogP contribution in [0.15, 0.2) is 71.4 Å². The van der Waals surface area contributed by atoms with Crippen molar-refractivity contribution in [2.75, 3.05) is 22.6 Å². The van der Waals surface area contributed by atoms with E-state index < -0.39 is 11.8 Å². The number of anilines is 3. The smallest absolute Gasteiger partial charge is 0.283 e. The molecule has 8 heteroatoms. The molecule has 0 aliphatic carbocycles. The Labute approximate surface area is 208 Å². The molecular formula is C27H24ClN3O4. The van der Waals surface area contributed by atoms with E-state index in [2.05, 4.69) is 10.6 Å². The van der Waals surface area contributed by atoms with E-state index in [9.17, 15) is 14.4 Å². The molecule has 178 valence electrons. The van der Waals surface area contributed by atoms with Gasteiger partial charge in [0, 0.05) is 11.3 Å². The maximum Gasteiger partial charge on any atom is 0.283 e. The van der Waals surface area contributed by atoms with Crippen LogP contribution in [0.3, 0.4) is 0 Å². The van der Waals surface area contributed by atoms with Crippen molar-refractivity contribution in [3.8, 4) is 5.75 Å². The summed E-state index contributed by atoms with van der Waals surface area (Å²) in [5.41, 5.74) is 4.50. The molecule has 1 heterocycles. The zero-order valence-electron chi connectivity index (χ0n) is 19.7. The van der Waals surface area contributed by atoms with Crippen molar-refractivity contribution in [1.29, 1.82) is 0 Å². The number of aryl methyl sites for hydroxylation is 3. The van der Waals surface area contributed by atoms with Crippen molar-refractivity contribution in [3.05, 3.63) is 93.6 Å². The Morgan fingerprint density at radius 2 is 1.54 bits per heavy atom. The Hall–Kier alpha value is -4.10. The van der Waals surface area contributed by atoms with Gasteiger partial charge in [0.15, 0.2) is 0 Å². The van der Waals surface area contributed by atoms with Gasteiger partial charge in [0.1, 0.15) is 16.5 Å². The van der Waals surface area contributed by atoms with Crippen molar-refractivity contribution in [1.82, 2.24) is 0 Å². The van der Waals surface area contributed by atoms with E-state index in [4.69, 9.17) is 16.3 Å². The van der Waals surface area contributed by atoms with E-state index in [0.717, 1.165) is 21.6 Å². The lowest BCUT2D eigenvalue weighted by molar-refractivity contribution is -0.120. The van der Waals surface area contributed by atoms with Gasteiger partial charge in [-0.05, 0) is 68.3 Å². The second-order valence-corrected chi connectivity index (χ2v) is 8.66. The number of hydrogen-bond donors (Lipinski definition) is 2. The van der Waals surface area contributed by atoms with Crippen LogP contribution in [-0.4, -0.2) is 24.8 Å². The van der Waals surface area contributed by atoms with Gasteiger partial charge in [-0.3, -0.25) is 14.4 Å². The molecule has 0 fully saturated rings. The molecule has 3 aromatic rings. The summed E-state index contributed by atoms with van der Waals surface area (Å²) in [4.78, 5) is 39.9. The van der Waals surface area contributed by atoms with Crippen LogP contribution in [0.5, 0.6) is 5.75 Å². The van der Waals surface area contributed by atoms with E-state index in [1.807, 2.05) is 45.0 Å². The molecule has 0 unspecified atom stereocenters. The van der Waals surface area contributed by atoms with Crippen molar-refractivity contribution in [2.24, 2.45) is 0 Å². The van der Waals surface area contributed by atoms with Gasteiger partial charge in [-0.15, -0.1) is 0 Å². The number of ether oxygens (including phenoxy) is 1. The highest BCUT2D eigenvalue weighted by molar-refractivity contribution is 6.53. The minimum atomic E-state index is -0.610. The van der Waals surface area contributed by atoms with E-state index in [1.54, 1.807) is 36.4 Å². The number of carbonyl (C=O) groups is 3. The predicted octanol–water partition coefficient (Wildman–Crippen LogP) is 5.31. The fraction of sp³-hybridized carbons (Fsp3) is 0.148. The minimum absolute atomic E-state index is 0.0433. The highest BCUT2D eigenvalue weighted by Gasteiger charge is 2.39. The Kier molecular flexibility index (Phi) is 6.62. The number of nitrogens with zero attached hydrogens (tertiary/aromatic N) is 1. The topological polar surface area (TPSA) is 87.7 Å². The molecule has 4 rings (SSSR count). The maximum absolute atomic E-state index is 13.1. The fourth-order valence-electron chi connectivity index (χ4n) is 3.69. The molecule has 1 aliphatic heterocycles. The second kappa shape index (κ2) is 9.64. The highest BCUT2D eigenvalue weighted by Crippen LogP contribution is 2.32. The van der Waals surface area contributed by atoms with E-state index >= 15 is 0 Å². The van der Waals surface area contributed by atoms with Gasteiger partial charge in [0.05, 0.1) is 18.5 Å². The Bertz CT molecular complexity index is 1380. The van der Waals surface area contributed by atoms with E-state index in [-0.39, 0.29) is 16.6 Å². The predicted molar refractivity (Wildman–Crippen MR) is 137 cm³/mol. The van der Waals surface area contributed by atoms with Crippen LogP contribution in [0.1, 0.15) is 27.0 Å². The van der Waals surface area contributed by atoms with Crippen LogP contribution >= 0.6 is 11.6 Å². The summed E-state index contributed by atoms with van der Waals surface area (Å²) < 4.78 is 5.33. The number of halogens is 1. The van der Waals surface area contributed by atoms with Gasteiger partial charge in [0.25, 0.3) is 17.7 Å². The molecular weight excluding hydrogens is 466 g/mol. The molecule has 3 aromatic carbocycles. The molecule has 1 aliphatic rings. The molecule has 2 N–H and O–H groups in total. The number of imide groups is 1. The molecule has 0 aromatic heterocycles. The van der Waals surface area contributed by atoms with E-state index in [0.29, 0.717) is 28.4 Å². The third-order valence-electron chi connectivity index (χ3n) is 5.68. The van der Waals surface area contributed by atoms with Crippen molar-refractivity contribution in [2.45, 2.75) is 20.8 Å². The van der Waals surface area contributed by atoms with Crippen LogP contribution < -0.4 is 20.3 Å². The van der Waals surface area contributed by atoms with Crippen molar-refractivity contribution in [3.63, 3.8) is 0 Å². The number of hydrogen-bond acceptors (Lipinski definition) is 5. The third kappa shape index (κ3) is 4.76. The standard InChI is InChI=1S/C27H24ClN3O4/c1-15-5-10-19(11-6-15)31-26(33)23(28)24(27(31)34)29-20-14-18(9-8-17(20)3)25(32)30-21-13-16(2)7-12-22(21)35-4/h5-14,29H,1-4H3,(H,30,32). The molecule has 0 spiro atoms. The largest absolute Gasteiger partial charge is 0.495 e. The van der Waals surface area contributed by atoms with Gasteiger partial charge >= 0.3 is 0 Å². The van der Waals surface area contributed by atoms with Crippen LogP contribution in [0.25, 0.3) is 0 Å². The molecule has 0 radical (unpaired) electrons. The number of rotatable bonds is 6. The van der Waals surface area contributed by atoms with Crippen LogP contribution in [0.4, 0.5) is 17.1 Å². The van der Waals surface area contributed by atoms with E-state index in [1.165, 1.54) is 7.11 Å². The lowest BCUT2D eigenvalue weighted by Gasteiger charge is -2.16. The molecule has 7 nitrogen and oxygen atoms in total. The fourth-order valence-corrected chi connectivity index (χ4v) is 3.90. The minimum Gasteiger partial charge on any atom is -0.495 e.